The second-order valence-electron chi connectivity index (χ2n) is 5.55. The van der Waals surface area contributed by atoms with Crippen LogP contribution >= 0.6 is 0 Å². The lowest BCUT2D eigenvalue weighted by atomic mass is 9.98. The van der Waals surface area contributed by atoms with Crippen molar-refractivity contribution in [1.82, 2.24) is 4.90 Å². The first-order valence-corrected chi connectivity index (χ1v) is 7.83. The molecule has 1 aliphatic heterocycles. The molecule has 21 heavy (non-hydrogen) atoms. The first-order chi connectivity index (χ1) is 10.1. The van der Waals surface area contributed by atoms with Crippen molar-refractivity contribution >= 4 is 17.5 Å². The van der Waals surface area contributed by atoms with Gasteiger partial charge >= 0.3 is 0 Å². The van der Waals surface area contributed by atoms with Crippen LogP contribution in [0.2, 0.25) is 0 Å². The molecule has 1 aromatic rings. The van der Waals surface area contributed by atoms with Crippen LogP contribution in [-0.4, -0.2) is 23.3 Å². The number of carbonyl (C=O) groups is 2. The van der Waals surface area contributed by atoms with Gasteiger partial charge in [0.25, 0.3) is 0 Å². The van der Waals surface area contributed by atoms with Gasteiger partial charge in [-0.15, -0.1) is 0 Å². The van der Waals surface area contributed by atoms with Gasteiger partial charge in [0.2, 0.25) is 11.8 Å². The summed E-state index contributed by atoms with van der Waals surface area (Å²) in [6.07, 6.45) is 3.93. The van der Waals surface area contributed by atoms with Crippen molar-refractivity contribution in [2.75, 3.05) is 11.9 Å². The van der Waals surface area contributed by atoms with E-state index in [2.05, 4.69) is 18.3 Å². The van der Waals surface area contributed by atoms with Gasteiger partial charge in [-0.3, -0.25) is 9.59 Å². The summed E-state index contributed by atoms with van der Waals surface area (Å²) in [4.78, 5) is 25.5. The Morgan fingerprint density at radius 2 is 2.05 bits per heavy atom. The Balaban J connectivity index is 2.04. The van der Waals surface area contributed by atoms with E-state index in [0.29, 0.717) is 19.4 Å². The molecule has 0 unspecified atom stereocenters. The number of unbranched alkanes of at least 4 members (excludes halogenated alkanes) is 1. The van der Waals surface area contributed by atoms with Gasteiger partial charge in [0.15, 0.2) is 0 Å². The number of rotatable bonds is 5. The van der Waals surface area contributed by atoms with Crippen molar-refractivity contribution in [3.63, 3.8) is 0 Å². The minimum Gasteiger partial charge on any atom is -0.338 e. The van der Waals surface area contributed by atoms with Gasteiger partial charge in [0.05, 0.1) is 0 Å². The van der Waals surface area contributed by atoms with Crippen molar-refractivity contribution in [1.29, 1.82) is 0 Å². The van der Waals surface area contributed by atoms with Crippen LogP contribution in [0.1, 0.15) is 50.7 Å². The predicted molar refractivity (Wildman–Crippen MR) is 84.0 cm³/mol. The van der Waals surface area contributed by atoms with Crippen molar-refractivity contribution in [3.8, 4) is 0 Å². The van der Waals surface area contributed by atoms with Crippen LogP contribution in [0.3, 0.4) is 0 Å². The van der Waals surface area contributed by atoms with Gasteiger partial charge in [-0.1, -0.05) is 26.3 Å². The summed E-state index contributed by atoms with van der Waals surface area (Å²) in [5, 5.41) is 2.94. The fourth-order valence-electron chi connectivity index (χ4n) is 2.63. The summed E-state index contributed by atoms with van der Waals surface area (Å²) in [6, 6.07) is 6.03. The number of benzene rings is 1. The highest BCUT2D eigenvalue weighted by Gasteiger charge is 2.19. The standard InChI is InChI=1S/C17H24N2O2/c1-3-5-6-16(20)18-15-8-7-13-9-10-19(17(21)4-2)12-14(13)11-15/h7-8,11H,3-6,9-10,12H2,1-2H3,(H,18,20). The van der Waals surface area contributed by atoms with Gasteiger partial charge in [-0.05, 0) is 36.1 Å². The van der Waals surface area contributed by atoms with Crippen LogP contribution in [0.5, 0.6) is 0 Å². The summed E-state index contributed by atoms with van der Waals surface area (Å²) in [7, 11) is 0. The molecule has 0 bridgehead atoms. The third-order valence-electron chi connectivity index (χ3n) is 3.91. The van der Waals surface area contributed by atoms with E-state index in [1.165, 1.54) is 5.56 Å². The minimum absolute atomic E-state index is 0.0640. The average Bonchev–Trinajstić information content (AvgIpc) is 2.51. The Bertz CT molecular complexity index is 526. The van der Waals surface area contributed by atoms with E-state index in [4.69, 9.17) is 0 Å². The SMILES string of the molecule is CCCCC(=O)Nc1ccc2c(c1)CN(C(=O)CC)CC2. The quantitative estimate of drug-likeness (QED) is 0.905. The van der Waals surface area contributed by atoms with E-state index in [1.54, 1.807) is 0 Å². The molecule has 1 aromatic carbocycles. The third kappa shape index (κ3) is 4.06. The second kappa shape index (κ2) is 7.25. The molecule has 0 atom stereocenters. The van der Waals surface area contributed by atoms with Crippen LogP contribution in [0, 0.1) is 0 Å². The molecule has 0 aromatic heterocycles. The molecule has 0 saturated carbocycles. The predicted octanol–water partition coefficient (Wildman–Crippen LogP) is 3.11. The molecule has 0 radical (unpaired) electrons. The molecule has 0 aliphatic carbocycles. The largest absolute Gasteiger partial charge is 0.338 e. The Morgan fingerprint density at radius 3 is 2.76 bits per heavy atom. The lowest BCUT2D eigenvalue weighted by Gasteiger charge is -2.29. The normalized spacial score (nSPS) is 13.7. The lowest BCUT2D eigenvalue weighted by Crippen LogP contribution is -2.35. The first-order valence-electron chi connectivity index (χ1n) is 7.83. The maximum Gasteiger partial charge on any atom is 0.224 e. The summed E-state index contributed by atoms with van der Waals surface area (Å²) in [5.41, 5.74) is 3.26. The van der Waals surface area contributed by atoms with Crippen LogP contribution < -0.4 is 5.32 Å². The number of nitrogens with zero attached hydrogens (tertiary/aromatic N) is 1. The maximum atomic E-state index is 11.8. The summed E-state index contributed by atoms with van der Waals surface area (Å²) in [5.74, 6) is 0.257. The fourth-order valence-corrected chi connectivity index (χ4v) is 2.63. The number of hydrogen-bond acceptors (Lipinski definition) is 2. The van der Waals surface area contributed by atoms with E-state index in [-0.39, 0.29) is 11.8 Å². The number of hydrogen-bond donors (Lipinski definition) is 1. The Labute approximate surface area is 126 Å². The van der Waals surface area contributed by atoms with E-state index in [0.717, 1.165) is 37.1 Å². The molecule has 2 rings (SSSR count). The van der Waals surface area contributed by atoms with E-state index in [9.17, 15) is 9.59 Å². The summed E-state index contributed by atoms with van der Waals surface area (Å²) >= 11 is 0. The van der Waals surface area contributed by atoms with Crippen molar-refractivity contribution in [2.24, 2.45) is 0 Å². The zero-order valence-electron chi connectivity index (χ0n) is 12.9. The molecule has 4 heteroatoms. The summed E-state index contributed by atoms with van der Waals surface area (Å²) in [6.45, 7) is 5.41. The van der Waals surface area contributed by atoms with E-state index >= 15 is 0 Å². The smallest absolute Gasteiger partial charge is 0.224 e. The van der Waals surface area contributed by atoms with Crippen molar-refractivity contribution in [3.05, 3.63) is 29.3 Å². The van der Waals surface area contributed by atoms with Crippen molar-refractivity contribution in [2.45, 2.75) is 52.5 Å². The fraction of sp³-hybridized carbons (Fsp3) is 0.529. The van der Waals surface area contributed by atoms with Crippen LogP contribution in [0.15, 0.2) is 18.2 Å². The number of amides is 2. The highest BCUT2D eigenvalue weighted by Crippen LogP contribution is 2.23. The summed E-state index contributed by atoms with van der Waals surface area (Å²) < 4.78 is 0. The van der Waals surface area contributed by atoms with E-state index in [1.807, 2.05) is 24.0 Å². The van der Waals surface area contributed by atoms with E-state index < -0.39 is 0 Å². The number of carbonyl (C=O) groups excluding carboxylic acids is 2. The third-order valence-corrected chi connectivity index (χ3v) is 3.91. The molecule has 1 heterocycles. The molecule has 2 amide bonds. The molecule has 1 N–H and O–H groups in total. The Hall–Kier alpha value is -1.84. The first kappa shape index (κ1) is 15.5. The lowest BCUT2D eigenvalue weighted by molar-refractivity contribution is -0.131. The average molecular weight is 288 g/mol. The molecular weight excluding hydrogens is 264 g/mol. The van der Waals surface area contributed by atoms with Crippen LogP contribution in [0.25, 0.3) is 0 Å². The highest BCUT2D eigenvalue weighted by atomic mass is 16.2. The zero-order valence-corrected chi connectivity index (χ0v) is 12.9. The van der Waals surface area contributed by atoms with Gasteiger partial charge in [0, 0.05) is 31.6 Å². The monoisotopic (exact) mass is 288 g/mol. The zero-order chi connectivity index (χ0) is 15.2. The highest BCUT2D eigenvalue weighted by molar-refractivity contribution is 5.90. The second-order valence-corrected chi connectivity index (χ2v) is 5.55. The maximum absolute atomic E-state index is 11.8. The molecule has 1 aliphatic rings. The number of anilines is 1. The molecule has 4 nitrogen and oxygen atoms in total. The van der Waals surface area contributed by atoms with Gasteiger partial charge in [-0.25, -0.2) is 0 Å². The number of nitrogens with one attached hydrogen (secondary N) is 1. The molecule has 0 saturated heterocycles. The molecule has 0 spiro atoms. The van der Waals surface area contributed by atoms with Crippen LogP contribution in [0.4, 0.5) is 5.69 Å². The van der Waals surface area contributed by atoms with Gasteiger partial charge in [0.1, 0.15) is 0 Å². The molecule has 0 fully saturated rings. The Kier molecular flexibility index (Phi) is 5.37. The van der Waals surface area contributed by atoms with Crippen molar-refractivity contribution < 1.29 is 9.59 Å². The minimum atomic E-state index is 0.0640. The topological polar surface area (TPSA) is 49.4 Å². The van der Waals surface area contributed by atoms with Crippen LogP contribution in [-0.2, 0) is 22.6 Å². The molecule has 114 valence electrons. The Morgan fingerprint density at radius 1 is 1.24 bits per heavy atom. The van der Waals surface area contributed by atoms with Gasteiger partial charge in [-0.2, -0.15) is 0 Å². The number of fused-ring (bicyclic) bond motifs is 1. The molecular formula is C17H24N2O2. The van der Waals surface area contributed by atoms with Gasteiger partial charge < -0.3 is 10.2 Å².